The Morgan fingerprint density at radius 3 is 1.92 bits per heavy atom. The van der Waals surface area contributed by atoms with E-state index < -0.39 is 18.8 Å². The lowest BCUT2D eigenvalue weighted by Gasteiger charge is -2.27. The Labute approximate surface area is 223 Å². The van der Waals surface area contributed by atoms with Crippen molar-refractivity contribution in [2.24, 2.45) is 0 Å². The summed E-state index contributed by atoms with van der Waals surface area (Å²) in [4.78, 5) is 0. The highest BCUT2D eigenvalue weighted by Crippen LogP contribution is 2.39. The highest BCUT2D eigenvalue weighted by Gasteiger charge is 2.29. The Morgan fingerprint density at radius 2 is 1.37 bits per heavy atom. The maximum absolute atomic E-state index is 14.0. The molecule has 4 aliphatic heterocycles. The lowest BCUT2D eigenvalue weighted by molar-refractivity contribution is 0.435. The number of halogens is 2. The summed E-state index contributed by atoms with van der Waals surface area (Å²) >= 11 is 0. The molecule has 4 aromatic rings. The summed E-state index contributed by atoms with van der Waals surface area (Å²) in [5.74, 6) is 0.959. The van der Waals surface area contributed by atoms with Crippen molar-refractivity contribution in [3.8, 4) is 17.2 Å². The molecule has 4 aliphatic rings. The van der Waals surface area contributed by atoms with Gasteiger partial charge in [-0.1, -0.05) is 50.2 Å². The molecule has 6 heteroatoms. The summed E-state index contributed by atoms with van der Waals surface area (Å²) in [5.41, 5.74) is 3.89. The van der Waals surface area contributed by atoms with Gasteiger partial charge in [-0.15, -0.1) is 0 Å². The van der Waals surface area contributed by atoms with Gasteiger partial charge in [0, 0.05) is 11.5 Å². The molecule has 0 amide bonds. The minimum Gasteiger partial charge on any atom is -0.522 e. The van der Waals surface area contributed by atoms with Gasteiger partial charge in [-0.05, 0) is 102 Å². The van der Waals surface area contributed by atoms with E-state index in [1.807, 2.05) is 48.5 Å². The molecule has 0 radical (unpaired) electrons. The lowest BCUT2D eigenvalue weighted by atomic mass is 9.77. The Balaban J connectivity index is 1.50. The molecule has 0 spiro atoms. The SMILES string of the molecule is CCC(CC1CC(C)c2ccc(cc2)OB(c2cc(F)cc(F)c2)Oc2ccc1cc2)c1ccc(O)cc1. The van der Waals surface area contributed by atoms with Crippen LogP contribution in [-0.4, -0.2) is 12.2 Å². The van der Waals surface area contributed by atoms with Gasteiger partial charge in [-0.3, -0.25) is 0 Å². The van der Waals surface area contributed by atoms with Crippen molar-refractivity contribution in [1.29, 1.82) is 0 Å². The molecule has 0 aliphatic carbocycles. The van der Waals surface area contributed by atoms with Crippen molar-refractivity contribution in [1.82, 2.24) is 0 Å². The largest absolute Gasteiger partial charge is 0.632 e. The van der Waals surface area contributed by atoms with Gasteiger partial charge in [0.05, 0.1) is 0 Å². The smallest absolute Gasteiger partial charge is 0.522 e. The third kappa shape index (κ3) is 6.01. The van der Waals surface area contributed by atoms with E-state index in [9.17, 15) is 13.9 Å². The molecule has 3 atom stereocenters. The van der Waals surface area contributed by atoms with Crippen molar-refractivity contribution in [3.63, 3.8) is 0 Å². The molecular formula is C32H31BF2O3. The van der Waals surface area contributed by atoms with Gasteiger partial charge in [0.2, 0.25) is 0 Å². The van der Waals surface area contributed by atoms with E-state index >= 15 is 0 Å². The number of benzene rings is 4. The number of hydrogen-bond donors (Lipinski definition) is 1. The molecule has 8 rings (SSSR count). The van der Waals surface area contributed by atoms with E-state index in [0.29, 0.717) is 29.3 Å². The van der Waals surface area contributed by atoms with E-state index in [1.165, 1.54) is 28.8 Å². The quantitative estimate of drug-likeness (QED) is 0.279. The highest BCUT2D eigenvalue weighted by atomic mass is 19.1. The molecule has 3 unspecified atom stereocenters. The van der Waals surface area contributed by atoms with E-state index in [2.05, 4.69) is 26.0 Å². The molecule has 1 N–H and O–H groups in total. The highest BCUT2D eigenvalue weighted by molar-refractivity contribution is 6.62. The van der Waals surface area contributed by atoms with Gasteiger partial charge >= 0.3 is 7.12 Å². The summed E-state index contributed by atoms with van der Waals surface area (Å²) in [6, 6.07) is 26.6. The predicted octanol–water partition coefficient (Wildman–Crippen LogP) is 7.70. The number of hydrogen-bond acceptors (Lipinski definition) is 3. The molecule has 0 saturated carbocycles. The van der Waals surface area contributed by atoms with Crippen LogP contribution in [0.5, 0.6) is 17.2 Å². The molecule has 38 heavy (non-hydrogen) atoms. The molecular weight excluding hydrogens is 481 g/mol. The topological polar surface area (TPSA) is 38.7 Å². The maximum Gasteiger partial charge on any atom is 0.632 e. The maximum atomic E-state index is 14.0. The fraction of sp³-hybridized carbons (Fsp3) is 0.250. The van der Waals surface area contributed by atoms with Crippen molar-refractivity contribution < 1.29 is 23.2 Å². The average molecular weight is 512 g/mol. The van der Waals surface area contributed by atoms with Crippen LogP contribution in [-0.2, 0) is 0 Å². The van der Waals surface area contributed by atoms with Gasteiger partial charge in [-0.25, -0.2) is 8.78 Å². The lowest BCUT2D eigenvalue weighted by Crippen LogP contribution is -2.43. The van der Waals surface area contributed by atoms with E-state index in [4.69, 9.17) is 9.31 Å². The third-order valence-corrected chi connectivity index (χ3v) is 7.51. The monoisotopic (exact) mass is 512 g/mol. The third-order valence-electron chi connectivity index (χ3n) is 7.51. The Bertz CT molecular complexity index is 1340. The minimum absolute atomic E-state index is 0.258. The van der Waals surface area contributed by atoms with E-state index in [1.54, 1.807) is 12.1 Å². The number of phenols is 1. The molecule has 0 fully saturated rings. The summed E-state index contributed by atoms with van der Waals surface area (Å²) in [7, 11) is -1.02. The molecule has 4 heterocycles. The van der Waals surface area contributed by atoms with Gasteiger partial charge in [0.1, 0.15) is 28.9 Å². The standard InChI is InChI=1S/C32H31BF2O3/c1-3-22(24-4-10-30(36)11-5-24)17-26-16-21(2)23-6-12-31(13-7-23)37-33(27-18-28(34)20-29(35)19-27)38-32-14-8-25(26)9-15-32/h4-15,18-22,26,36H,3,16-17H2,1-2H3. The van der Waals surface area contributed by atoms with Crippen LogP contribution in [0, 0.1) is 11.6 Å². The summed E-state index contributed by atoms with van der Waals surface area (Å²) < 4.78 is 40.2. The van der Waals surface area contributed by atoms with Gasteiger partial charge < -0.3 is 14.4 Å². The van der Waals surface area contributed by atoms with E-state index in [-0.39, 0.29) is 11.2 Å². The van der Waals surface area contributed by atoms with Crippen LogP contribution in [0.2, 0.25) is 0 Å². The van der Waals surface area contributed by atoms with Gasteiger partial charge in [0.15, 0.2) is 0 Å². The molecule has 4 bridgehead atoms. The zero-order valence-corrected chi connectivity index (χ0v) is 21.6. The van der Waals surface area contributed by atoms with Crippen LogP contribution >= 0.6 is 0 Å². The first-order valence-electron chi connectivity index (χ1n) is 13.2. The summed E-state index contributed by atoms with van der Waals surface area (Å²) in [6.07, 6.45) is 2.94. The molecule has 194 valence electrons. The Hall–Kier alpha value is -3.80. The first-order valence-corrected chi connectivity index (χ1v) is 13.2. The number of aromatic hydroxyl groups is 1. The van der Waals surface area contributed by atoms with Gasteiger partial charge in [-0.2, -0.15) is 0 Å². The average Bonchev–Trinajstić information content (AvgIpc) is 2.91. The molecule has 4 aromatic carbocycles. The number of rotatable bonds is 5. The zero-order valence-electron chi connectivity index (χ0n) is 21.6. The van der Waals surface area contributed by atoms with Crippen LogP contribution in [0.15, 0.2) is 91.0 Å². The van der Waals surface area contributed by atoms with Crippen molar-refractivity contribution >= 4 is 12.6 Å². The normalized spacial score (nSPS) is 17.9. The van der Waals surface area contributed by atoms with Crippen LogP contribution < -0.4 is 14.8 Å². The molecule has 3 nitrogen and oxygen atoms in total. The van der Waals surface area contributed by atoms with Gasteiger partial charge in [0.25, 0.3) is 0 Å². The van der Waals surface area contributed by atoms with Crippen molar-refractivity contribution in [2.75, 3.05) is 0 Å². The second-order valence-corrected chi connectivity index (χ2v) is 10.2. The predicted molar refractivity (Wildman–Crippen MR) is 147 cm³/mol. The fourth-order valence-electron chi connectivity index (χ4n) is 5.37. The van der Waals surface area contributed by atoms with Crippen molar-refractivity contribution in [2.45, 2.75) is 50.9 Å². The molecule has 0 saturated heterocycles. The summed E-state index contributed by atoms with van der Waals surface area (Å²) in [5, 5.41) is 9.75. The van der Waals surface area contributed by atoms with Crippen LogP contribution in [0.1, 0.15) is 67.6 Å². The van der Waals surface area contributed by atoms with E-state index in [0.717, 1.165) is 25.3 Å². The first kappa shape index (κ1) is 25.8. The summed E-state index contributed by atoms with van der Waals surface area (Å²) in [6.45, 7) is 4.45. The zero-order chi connectivity index (χ0) is 26.6. The van der Waals surface area contributed by atoms with Crippen LogP contribution in [0.25, 0.3) is 0 Å². The van der Waals surface area contributed by atoms with Crippen molar-refractivity contribution in [3.05, 3.63) is 119 Å². The van der Waals surface area contributed by atoms with Crippen LogP contribution in [0.3, 0.4) is 0 Å². The van der Waals surface area contributed by atoms with Crippen LogP contribution in [0.4, 0.5) is 8.78 Å². The second-order valence-electron chi connectivity index (χ2n) is 10.2. The Morgan fingerprint density at radius 1 is 0.816 bits per heavy atom. The second kappa shape index (κ2) is 11.3. The first-order chi connectivity index (χ1) is 18.4. The number of phenolic OH excluding ortho intramolecular Hbond substituents is 1. The minimum atomic E-state index is -1.02. The Kier molecular flexibility index (Phi) is 7.68. The molecule has 0 aromatic heterocycles. The fourth-order valence-corrected chi connectivity index (χ4v) is 5.37.